The zero-order valence-corrected chi connectivity index (χ0v) is 31.0. The molecule has 2 atom stereocenters. The summed E-state index contributed by atoms with van der Waals surface area (Å²) in [5.41, 5.74) is 7.15. The molecule has 0 radical (unpaired) electrons. The molecule has 280 valence electrons. The lowest BCUT2D eigenvalue weighted by atomic mass is 9.77. The van der Waals surface area contributed by atoms with Crippen molar-refractivity contribution >= 4 is 69.4 Å². The van der Waals surface area contributed by atoms with Gasteiger partial charge in [-0.25, -0.2) is 9.78 Å². The van der Waals surface area contributed by atoms with Gasteiger partial charge in [0.1, 0.15) is 28.3 Å². The number of amides is 3. The van der Waals surface area contributed by atoms with Gasteiger partial charge < -0.3 is 32.2 Å². The van der Waals surface area contributed by atoms with E-state index in [1.165, 1.54) is 23.1 Å². The molecule has 1 fully saturated rings. The SMILES string of the molecule is NC(=O)CON=C(C(=O)N[C@@H]1C(=O)N2C(C(=O)O)=C(CSc3nnnn3N)CS[C@@H]12)c1csc(NC(c2ccccc2)(c2ccccc2)c2ccccc2)n1. The molecule has 7 N–H and O–H groups in total. The summed E-state index contributed by atoms with van der Waals surface area (Å²) < 4.78 is 0. The first-order valence-corrected chi connectivity index (χ1v) is 19.3. The van der Waals surface area contributed by atoms with E-state index in [-0.39, 0.29) is 33.8 Å². The number of hydrogen-bond donors (Lipinski definition) is 5. The highest BCUT2D eigenvalue weighted by Crippen LogP contribution is 2.42. The number of carbonyl (C=O) groups excluding carboxylic acids is 3. The smallest absolute Gasteiger partial charge is 0.352 e. The zero-order chi connectivity index (χ0) is 38.5. The van der Waals surface area contributed by atoms with Gasteiger partial charge in [0.15, 0.2) is 17.5 Å². The van der Waals surface area contributed by atoms with Crippen molar-refractivity contribution in [3.63, 3.8) is 0 Å². The first kappa shape index (κ1) is 37.1. The maximum absolute atomic E-state index is 13.9. The van der Waals surface area contributed by atoms with Gasteiger partial charge in [-0.05, 0) is 32.7 Å². The highest BCUT2D eigenvalue weighted by molar-refractivity contribution is 8.01. The van der Waals surface area contributed by atoms with Crippen LogP contribution in [0, 0.1) is 0 Å². The summed E-state index contributed by atoms with van der Waals surface area (Å²) in [6.45, 7) is -0.621. The van der Waals surface area contributed by atoms with Gasteiger partial charge in [-0.15, -0.1) is 27.9 Å². The lowest BCUT2D eigenvalue weighted by molar-refractivity contribution is -0.150. The van der Waals surface area contributed by atoms with Crippen LogP contribution < -0.4 is 22.2 Å². The van der Waals surface area contributed by atoms with E-state index in [1.807, 2.05) is 91.0 Å². The number of carbonyl (C=O) groups is 4. The lowest BCUT2D eigenvalue weighted by Crippen LogP contribution is -2.71. The number of aliphatic carboxylic acids is 1. The second kappa shape index (κ2) is 16.0. The predicted molar refractivity (Wildman–Crippen MR) is 205 cm³/mol. The molecule has 20 heteroatoms. The zero-order valence-electron chi connectivity index (χ0n) is 28.5. The minimum Gasteiger partial charge on any atom is -0.477 e. The van der Waals surface area contributed by atoms with Gasteiger partial charge in [0, 0.05) is 16.9 Å². The summed E-state index contributed by atoms with van der Waals surface area (Å²) in [6.07, 6.45) is 0. The number of hydrogen-bond acceptors (Lipinski definition) is 15. The van der Waals surface area contributed by atoms with E-state index in [9.17, 15) is 24.3 Å². The van der Waals surface area contributed by atoms with Crippen LogP contribution in [0.25, 0.3) is 0 Å². The highest BCUT2D eigenvalue weighted by atomic mass is 32.2. The van der Waals surface area contributed by atoms with Crippen molar-refractivity contribution in [2.45, 2.75) is 22.1 Å². The maximum Gasteiger partial charge on any atom is 0.352 e. The number of rotatable bonds is 15. The molecule has 7 rings (SSSR count). The molecule has 55 heavy (non-hydrogen) atoms. The fraction of sp³-hybridized carbons (Fsp3) is 0.171. The highest BCUT2D eigenvalue weighted by Gasteiger charge is 2.54. The van der Waals surface area contributed by atoms with Crippen molar-refractivity contribution in [1.82, 2.24) is 35.5 Å². The number of nitrogens with zero attached hydrogens (tertiary/aromatic N) is 7. The Labute approximate surface area is 325 Å². The minimum absolute atomic E-state index is 0.0881. The van der Waals surface area contributed by atoms with Crippen molar-refractivity contribution in [3.05, 3.63) is 130 Å². The molecule has 0 unspecified atom stereocenters. The normalized spacial score (nSPS) is 16.9. The molecule has 3 amide bonds. The lowest BCUT2D eigenvalue weighted by Gasteiger charge is -2.49. The molecule has 17 nitrogen and oxygen atoms in total. The number of aromatic nitrogens is 5. The monoisotopic (exact) mass is 797 g/mol. The third-order valence-electron chi connectivity index (χ3n) is 8.61. The molecule has 1 saturated heterocycles. The third kappa shape index (κ3) is 7.46. The number of anilines is 1. The molecule has 0 bridgehead atoms. The van der Waals surface area contributed by atoms with Gasteiger partial charge in [-0.2, -0.15) is 0 Å². The van der Waals surface area contributed by atoms with Crippen molar-refractivity contribution in [3.8, 4) is 0 Å². The van der Waals surface area contributed by atoms with Crippen molar-refractivity contribution in [1.29, 1.82) is 0 Å². The Kier molecular flexibility index (Phi) is 10.8. The molecule has 2 aliphatic heterocycles. The Morgan fingerprint density at radius 1 is 1.00 bits per heavy atom. The number of fused-ring (bicyclic) bond motifs is 1. The van der Waals surface area contributed by atoms with Crippen LogP contribution in [0.4, 0.5) is 5.13 Å². The number of thiazole rings is 1. The summed E-state index contributed by atoms with van der Waals surface area (Å²) in [7, 11) is 0. The van der Waals surface area contributed by atoms with Crippen LogP contribution in [0.5, 0.6) is 0 Å². The molecular weight excluding hydrogens is 767 g/mol. The minimum atomic E-state index is -1.30. The van der Waals surface area contributed by atoms with E-state index in [0.29, 0.717) is 10.7 Å². The number of oxime groups is 1. The number of nitrogen functional groups attached to an aromatic ring is 1. The Bertz CT molecular complexity index is 2190. The number of thioether (sulfide) groups is 2. The van der Waals surface area contributed by atoms with Crippen LogP contribution in [0.1, 0.15) is 22.4 Å². The van der Waals surface area contributed by atoms with E-state index < -0.39 is 47.3 Å². The quantitative estimate of drug-likeness (QED) is 0.0254. The fourth-order valence-corrected chi connectivity index (χ4v) is 9.21. The van der Waals surface area contributed by atoms with Gasteiger partial charge >= 0.3 is 5.97 Å². The second-order valence-electron chi connectivity index (χ2n) is 12.0. The number of carboxylic acids is 1. The standard InChI is InChI=1S/C35H31N11O6S3/c36-25(47)16-52-42-26(29(48)39-27-30(49)45-28(32(50)51)20(17-53-31(27)45)18-55-34-41-43-44-46(34)37)24-19-54-33(38-24)40-35(21-10-4-1-5-11-21,22-12-6-2-7-13-22)23-14-8-3-9-15-23/h1-15,19,27,31H,16-18,37H2,(H2,36,47)(H,38,40)(H,39,48)(H,50,51)/t27-,31+/m1/s1. The molecule has 0 saturated carbocycles. The van der Waals surface area contributed by atoms with E-state index in [4.69, 9.17) is 21.4 Å². The molecular formula is C35H31N11O6S3. The Morgan fingerprint density at radius 3 is 2.16 bits per heavy atom. The van der Waals surface area contributed by atoms with Crippen LogP contribution >= 0.6 is 34.9 Å². The van der Waals surface area contributed by atoms with E-state index in [1.54, 1.807) is 5.38 Å². The molecule has 5 aromatic rings. The Hall–Kier alpha value is -6.25. The fourth-order valence-electron chi connectivity index (χ4n) is 6.18. The maximum atomic E-state index is 13.9. The summed E-state index contributed by atoms with van der Waals surface area (Å²) in [6, 6.07) is 28.5. The predicted octanol–water partition coefficient (Wildman–Crippen LogP) is 1.98. The first-order valence-electron chi connectivity index (χ1n) is 16.4. The average Bonchev–Trinajstić information content (AvgIpc) is 3.85. The van der Waals surface area contributed by atoms with E-state index in [2.05, 4.69) is 31.3 Å². The largest absolute Gasteiger partial charge is 0.477 e. The topological polar surface area (TPSA) is 246 Å². The number of nitrogens with two attached hydrogens (primary N) is 2. The number of primary amides is 1. The van der Waals surface area contributed by atoms with E-state index in [0.717, 1.165) is 38.1 Å². The summed E-state index contributed by atoms with van der Waals surface area (Å²) in [5, 5.41) is 32.7. The summed E-state index contributed by atoms with van der Waals surface area (Å²) in [5.74, 6) is 2.50. The van der Waals surface area contributed by atoms with Crippen LogP contribution in [0.2, 0.25) is 0 Å². The van der Waals surface area contributed by atoms with Crippen molar-refractivity contribution < 1.29 is 29.1 Å². The Balaban J connectivity index is 1.16. The summed E-state index contributed by atoms with van der Waals surface area (Å²) in [4.78, 5) is 63.3. The molecule has 3 aromatic carbocycles. The van der Waals surface area contributed by atoms with Gasteiger partial charge in [0.2, 0.25) is 5.16 Å². The second-order valence-corrected chi connectivity index (χ2v) is 14.9. The molecule has 0 aliphatic carbocycles. The van der Waals surface area contributed by atoms with Gasteiger partial charge in [0.05, 0.1) is 0 Å². The van der Waals surface area contributed by atoms with Crippen molar-refractivity contribution in [2.24, 2.45) is 10.9 Å². The molecule has 2 aliphatic rings. The third-order valence-corrected chi connectivity index (χ3v) is 11.7. The number of nitrogens with one attached hydrogen (secondary N) is 2. The number of carboxylic acid groups (broad SMARTS) is 1. The molecule has 0 spiro atoms. The van der Waals surface area contributed by atoms with Gasteiger partial charge in [-0.3, -0.25) is 19.3 Å². The van der Waals surface area contributed by atoms with Gasteiger partial charge in [0.25, 0.3) is 17.7 Å². The van der Waals surface area contributed by atoms with Crippen LogP contribution in [0.3, 0.4) is 0 Å². The van der Waals surface area contributed by atoms with Gasteiger partial charge in [-0.1, -0.05) is 113 Å². The van der Waals surface area contributed by atoms with Crippen LogP contribution in [-0.4, -0.2) is 94.2 Å². The number of benzene rings is 3. The van der Waals surface area contributed by atoms with E-state index >= 15 is 0 Å². The molecule has 4 heterocycles. The Morgan fingerprint density at radius 2 is 1.62 bits per heavy atom. The number of β-lactam (4-membered cyclic amide) rings is 1. The first-order chi connectivity index (χ1) is 26.7. The van der Waals surface area contributed by atoms with Crippen LogP contribution in [0.15, 0.2) is 118 Å². The number of tetrazole rings is 1. The summed E-state index contributed by atoms with van der Waals surface area (Å²) >= 11 is 3.61. The average molecular weight is 798 g/mol. The van der Waals surface area contributed by atoms with Crippen LogP contribution in [-0.2, 0) is 29.6 Å². The van der Waals surface area contributed by atoms with Crippen molar-refractivity contribution in [2.75, 3.05) is 29.3 Å². The molecule has 2 aromatic heterocycles.